The third-order valence-electron chi connectivity index (χ3n) is 4.70. The van der Waals surface area contributed by atoms with Gasteiger partial charge in [0, 0.05) is 24.2 Å². The van der Waals surface area contributed by atoms with Crippen molar-refractivity contribution in [3.63, 3.8) is 0 Å². The second kappa shape index (κ2) is 7.46. The summed E-state index contributed by atoms with van der Waals surface area (Å²) in [6.07, 6.45) is 3.90. The van der Waals surface area contributed by atoms with Gasteiger partial charge in [-0.05, 0) is 51.6 Å². The number of aryl methyl sites for hydroxylation is 1. The average molecular weight is 292 g/mol. The van der Waals surface area contributed by atoms with Gasteiger partial charge in [0.2, 0.25) is 0 Å². The molecule has 0 spiro atoms. The molecule has 1 aliphatic rings. The third-order valence-corrected chi connectivity index (χ3v) is 4.70. The zero-order valence-electron chi connectivity index (χ0n) is 14.4. The minimum Gasteiger partial charge on any atom is -0.465 e. The van der Waals surface area contributed by atoms with Gasteiger partial charge in [-0.1, -0.05) is 20.8 Å². The molecule has 3 heteroatoms. The van der Waals surface area contributed by atoms with Crippen molar-refractivity contribution in [1.29, 1.82) is 0 Å². The van der Waals surface area contributed by atoms with E-state index in [1.807, 2.05) is 0 Å². The molecule has 2 unspecified atom stereocenters. The van der Waals surface area contributed by atoms with E-state index in [4.69, 9.17) is 4.42 Å². The van der Waals surface area contributed by atoms with Crippen LogP contribution in [0.15, 0.2) is 10.5 Å². The topological polar surface area (TPSA) is 28.4 Å². The quantitative estimate of drug-likeness (QED) is 0.820. The Hall–Kier alpha value is -0.800. The summed E-state index contributed by atoms with van der Waals surface area (Å²) < 4.78 is 5.99. The highest BCUT2D eigenvalue weighted by Gasteiger charge is 2.29. The number of furan rings is 1. The Morgan fingerprint density at radius 1 is 1.38 bits per heavy atom. The average Bonchev–Trinajstić information content (AvgIpc) is 2.94. The Labute approximate surface area is 130 Å². The monoisotopic (exact) mass is 292 g/mol. The van der Waals surface area contributed by atoms with Crippen LogP contribution < -0.4 is 5.32 Å². The Balaban J connectivity index is 1.95. The molecule has 0 aromatic carbocycles. The zero-order chi connectivity index (χ0) is 15.4. The minimum absolute atomic E-state index is 0.683. The van der Waals surface area contributed by atoms with Crippen molar-refractivity contribution in [2.24, 2.45) is 5.92 Å². The lowest BCUT2D eigenvalue weighted by atomic mass is 10.1. The van der Waals surface area contributed by atoms with Crippen LogP contribution in [-0.2, 0) is 13.1 Å². The van der Waals surface area contributed by atoms with Crippen molar-refractivity contribution in [2.75, 3.05) is 6.54 Å². The fourth-order valence-corrected chi connectivity index (χ4v) is 3.37. The van der Waals surface area contributed by atoms with Crippen LogP contribution in [0.5, 0.6) is 0 Å². The molecular formula is C18H32N2O. The summed E-state index contributed by atoms with van der Waals surface area (Å²) in [6.45, 7) is 14.1. The van der Waals surface area contributed by atoms with E-state index in [1.165, 1.54) is 24.8 Å². The summed E-state index contributed by atoms with van der Waals surface area (Å²) in [6, 6.07) is 3.66. The van der Waals surface area contributed by atoms with Gasteiger partial charge < -0.3 is 9.73 Å². The molecule has 2 heterocycles. The first-order valence-corrected chi connectivity index (χ1v) is 8.55. The van der Waals surface area contributed by atoms with Crippen LogP contribution in [-0.4, -0.2) is 23.5 Å². The van der Waals surface area contributed by atoms with Crippen molar-refractivity contribution in [2.45, 2.75) is 79.1 Å². The van der Waals surface area contributed by atoms with Crippen LogP contribution in [0.3, 0.4) is 0 Å². The first-order chi connectivity index (χ1) is 10.0. The molecule has 0 amide bonds. The normalized spacial score (nSPS) is 23.3. The van der Waals surface area contributed by atoms with Crippen LogP contribution in [0.25, 0.3) is 0 Å². The first-order valence-electron chi connectivity index (χ1n) is 8.55. The lowest BCUT2D eigenvalue weighted by Gasteiger charge is -2.26. The smallest absolute Gasteiger partial charge is 0.118 e. The number of hydrogen-bond acceptors (Lipinski definition) is 3. The van der Waals surface area contributed by atoms with Crippen LogP contribution in [0, 0.1) is 12.8 Å². The van der Waals surface area contributed by atoms with E-state index in [0.717, 1.165) is 37.2 Å². The van der Waals surface area contributed by atoms with Crippen molar-refractivity contribution in [3.05, 3.63) is 23.2 Å². The van der Waals surface area contributed by atoms with Gasteiger partial charge in [0.05, 0.1) is 6.54 Å². The maximum absolute atomic E-state index is 5.99. The Kier molecular flexibility index (Phi) is 5.88. The summed E-state index contributed by atoms with van der Waals surface area (Å²) in [5.41, 5.74) is 1.31. The molecule has 1 saturated heterocycles. The minimum atomic E-state index is 0.683. The van der Waals surface area contributed by atoms with Gasteiger partial charge in [0.1, 0.15) is 11.5 Å². The van der Waals surface area contributed by atoms with E-state index >= 15 is 0 Å². The van der Waals surface area contributed by atoms with Gasteiger partial charge in [-0.15, -0.1) is 0 Å². The van der Waals surface area contributed by atoms with Crippen LogP contribution in [0.2, 0.25) is 0 Å². The summed E-state index contributed by atoms with van der Waals surface area (Å²) >= 11 is 0. The van der Waals surface area contributed by atoms with E-state index in [9.17, 15) is 0 Å². The SMILES string of the molecule is CCC1CCC(C)N1Cc1cc(CNCC(C)C)c(C)o1. The number of likely N-dealkylation sites (tertiary alicyclic amines) is 1. The van der Waals surface area contributed by atoms with Gasteiger partial charge in [0.15, 0.2) is 0 Å². The lowest BCUT2D eigenvalue weighted by Crippen LogP contribution is -2.33. The molecule has 0 aliphatic carbocycles. The van der Waals surface area contributed by atoms with Crippen molar-refractivity contribution in [1.82, 2.24) is 10.2 Å². The van der Waals surface area contributed by atoms with Gasteiger partial charge in [-0.2, -0.15) is 0 Å². The fourth-order valence-electron chi connectivity index (χ4n) is 3.37. The predicted molar refractivity (Wildman–Crippen MR) is 88.3 cm³/mol. The molecule has 0 saturated carbocycles. The van der Waals surface area contributed by atoms with E-state index in [1.54, 1.807) is 0 Å². The van der Waals surface area contributed by atoms with Crippen LogP contribution in [0.4, 0.5) is 0 Å². The highest BCUT2D eigenvalue weighted by molar-refractivity contribution is 5.21. The Morgan fingerprint density at radius 3 is 2.81 bits per heavy atom. The van der Waals surface area contributed by atoms with Crippen molar-refractivity contribution in [3.8, 4) is 0 Å². The molecule has 1 aromatic rings. The van der Waals surface area contributed by atoms with E-state index in [0.29, 0.717) is 12.0 Å². The molecule has 0 bridgehead atoms. The molecule has 3 nitrogen and oxygen atoms in total. The van der Waals surface area contributed by atoms with Gasteiger partial charge >= 0.3 is 0 Å². The zero-order valence-corrected chi connectivity index (χ0v) is 14.4. The number of rotatable bonds is 7. The molecule has 1 N–H and O–H groups in total. The molecular weight excluding hydrogens is 260 g/mol. The molecule has 2 atom stereocenters. The van der Waals surface area contributed by atoms with Crippen molar-refractivity contribution < 1.29 is 4.42 Å². The Morgan fingerprint density at radius 2 is 2.14 bits per heavy atom. The molecule has 120 valence electrons. The van der Waals surface area contributed by atoms with Crippen molar-refractivity contribution >= 4 is 0 Å². The van der Waals surface area contributed by atoms with Gasteiger partial charge in [0.25, 0.3) is 0 Å². The van der Waals surface area contributed by atoms with Gasteiger partial charge in [-0.3, -0.25) is 4.90 Å². The second-order valence-electron chi connectivity index (χ2n) is 6.98. The highest BCUT2D eigenvalue weighted by Crippen LogP contribution is 2.28. The molecule has 2 rings (SSSR count). The standard InChI is InChI=1S/C18H32N2O/c1-6-17-8-7-14(4)20(17)12-18-9-16(15(5)21-18)11-19-10-13(2)3/h9,13-14,17,19H,6-8,10-12H2,1-5H3. The first kappa shape index (κ1) is 16.6. The van der Waals surface area contributed by atoms with Crippen LogP contribution >= 0.6 is 0 Å². The van der Waals surface area contributed by atoms with E-state index in [-0.39, 0.29) is 0 Å². The second-order valence-corrected chi connectivity index (χ2v) is 6.98. The van der Waals surface area contributed by atoms with Gasteiger partial charge in [-0.25, -0.2) is 0 Å². The van der Waals surface area contributed by atoms with E-state index in [2.05, 4.69) is 50.9 Å². The maximum Gasteiger partial charge on any atom is 0.118 e. The molecule has 0 radical (unpaired) electrons. The summed E-state index contributed by atoms with van der Waals surface area (Å²) in [5.74, 6) is 2.88. The summed E-state index contributed by atoms with van der Waals surface area (Å²) in [5, 5.41) is 3.50. The third kappa shape index (κ3) is 4.33. The summed E-state index contributed by atoms with van der Waals surface area (Å²) in [7, 11) is 0. The highest BCUT2D eigenvalue weighted by atomic mass is 16.3. The number of hydrogen-bond donors (Lipinski definition) is 1. The molecule has 21 heavy (non-hydrogen) atoms. The maximum atomic E-state index is 5.99. The predicted octanol–water partition coefficient (Wildman–Crippen LogP) is 4.10. The molecule has 1 aliphatic heterocycles. The largest absolute Gasteiger partial charge is 0.465 e. The Bertz CT molecular complexity index is 438. The van der Waals surface area contributed by atoms with Crippen LogP contribution in [0.1, 0.15) is 64.0 Å². The number of nitrogens with zero attached hydrogens (tertiary/aromatic N) is 1. The fraction of sp³-hybridized carbons (Fsp3) is 0.778. The molecule has 1 fully saturated rings. The molecule has 1 aromatic heterocycles. The lowest BCUT2D eigenvalue weighted by molar-refractivity contribution is 0.174. The van der Waals surface area contributed by atoms with E-state index < -0.39 is 0 Å². The summed E-state index contributed by atoms with van der Waals surface area (Å²) in [4.78, 5) is 2.61. The number of nitrogens with one attached hydrogen (secondary N) is 1.